The number of hydrogen-bond acceptors (Lipinski definition) is 1. The molecule has 0 aliphatic heterocycles. The van der Waals surface area contributed by atoms with Crippen molar-refractivity contribution < 1.29 is 4.84 Å². The normalized spacial score (nSPS) is 10.8. The largest absolute Gasteiger partial charge is 0.417 e. The lowest BCUT2D eigenvalue weighted by Crippen LogP contribution is -2.02. The molecular weight excluding hydrogens is 198 g/mol. The molecule has 0 fully saturated rings. The maximum absolute atomic E-state index is 5.95. The fraction of sp³-hybridized carbons (Fsp3) is 0.273. The van der Waals surface area contributed by atoms with Crippen LogP contribution in [0.25, 0.3) is 10.9 Å². The van der Waals surface area contributed by atoms with E-state index in [-0.39, 0.29) is 0 Å². The fourth-order valence-electron chi connectivity index (χ4n) is 1.67. The highest BCUT2D eigenvalue weighted by Gasteiger charge is 2.07. The number of halogens is 1. The molecular formula is C11H12ClNO. The molecule has 1 aromatic heterocycles. The van der Waals surface area contributed by atoms with Crippen LogP contribution in [0.4, 0.5) is 0 Å². The van der Waals surface area contributed by atoms with Crippen LogP contribution in [-0.2, 0) is 6.42 Å². The summed E-state index contributed by atoms with van der Waals surface area (Å²) >= 11 is 5.95. The Hall–Kier alpha value is -1.15. The van der Waals surface area contributed by atoms with Gasteiger partial charge >= 0.3 is 0 Å². The Morgan fingerprint density at radius 3 is 2.86 bits per heavy atom. The maximum atomic E-state index is 5.95. The topological polar surface area (TPSA) is 14.2 Å². The zero-order chi connectivity index (χ0) is 10.1. The average molecular weight is 210 g/mol. The van der Waals surface area contributed by atoms with Gasteiger partial charge < -0.3 is 4.84 Å². The van der Waals surface area contributed by atoms with Gasteiger partial charge in [-0.1, -0.05) is 18.5 Å². The lowest BCUT2D eigenvalue weighted by atomic mass is 10.1. The number of aromatic nitrogens is 1. The minimum Gasteiger partial charge on any atom is -0.417 e. The summed E-state index contributed by atoms with van der Waals surface area (Å²) < 4.78 is 1.77. The quantitative estimate of drug-likeness (QED) is 0.742. The Kier molecular flexibility index (Phi) is 2.38. The molecule has 2 aromatic rings. The smallest absolute Gasteiger partial charge is 0.104 e. The number of rotatable bonds is 2. The van der Waals surface area contributed by atoms with Gasteiger partial charge in [0.05, 0.1) is 5.52 Å². The summed E-state index contributed by atoms with van der Waals surface area (Å²) in [5.41, 5.74) is 2.32. The van der Waals surface area contributed by atoms with Gasteiger partial charge in [0.15, 0.2) is 0 Å². The molecule has 3 heteroatoms. The molecule has 0 radical (unpaired) electrons. The van der Waals surface area contributed by atoms with Crippen molar-refractivity contribution in [3.8, 4) is 0 Å². The summed E-state index contributed by atoms with van der Waals surface area (Å²) in [6.45, 7) is 2.12. The molecule has 1 heterocycles. The van der Waals surface area contributed by atoms with E-state index in [0.717, 1.165) is 17.0 Å². The Morgan fingerprint density at radius 1 is 1.43 bits per heavy atom. The van der Waals surface area contributed by atoms with E-state index in [9.17, 15) is 0 Å². The van der Waals surface area contributed by atoms with E-state index in [2.05, 4.69) is 6.92 Å². The molecule has 2 nitrogen and oxygen atoms in total. The van der Waals surface area contributed by atoms with E-state index < -0.39 is 0 Å². The van der Waals surface area contributed by atoms with E-state index in [1.165, 1.54) is 10.9 Å². The summed E-state index contributed by atoms with van der Waals surface area (Å²) in [5.74, 6) is 0. The van der Waals surface area contributed by atoms with Crippen LogP contribution in [0.2, 0.25) is 5.02 Å². The summed E-state index contributed by atoms with van der Waals surface area (Å²) in [4.78, 5) is 5.22. The highest BCUT2D eigenvalue weighted by molar-refractivity contribution is 6.31. The second kappa shape index (κ2) is 3.54. The predicted molar refractivity (Wildman–Crippen MR) is 58.8 cm³/mol. The minimum absolute atomic E-state index is 0.765. The summed E-state index contributed by atoms with van der Waals surface area (Å²) in [6, 6.07) is 5.82. The number of fused-ring (bicyclic) bond motifs is 1. The number of benzene rings is 1. The lowest BCUT2D eigenvalue weighted by Gasteiger charge is -2.00. The molecule has 14 heavy (non-hydrogen) atoms. The van der Waals surface area contributed by atoms with Crippen LogP contribution in [0.3, 0.4) is 0 Å². The number of hydrogen-bond donors (Lipinski definition) is 0. The summed E-state index contributed by atoms with van der Waals surface area (Å²) in [6.07, 6.45) is 2.98. The van der Waals surface area contributed by atoms with Gasteiger partial charge in [-0.3, -0.25) is 0 Å². The third-order valence-electron chi connectivity index (χ3n) is 2.39. The van der Waals surface area contributed by atoms with Gasteiger partial charge in [0, 0.05) is 16.6 Å². The molecule has 0 N–H and O–H groups in total. The standard InChI is InChI=1S/C11H12ClNO/c1-3-8-7-13(14-2)11-5-4-9(12)6-10(8)11/h4-7H,3H2,1-2H3. The van der Waals surface area contributed by atoms with E-state index in [1.807, 2.05) is 24.4 Å². The monoisotopic (exact) mass is 209 g/mol. The third-order valence-corrected chi connectivity index (χ3v) is 2.63. The molecule has 0 saturated carbocycles. The lowest BCUT2D eigenvalue weighted by molar-refractivity contribution is 0.179. The summed E-state index contributed by atoms with van der Waals surface area (Å²) in [5, 5.41) is 1.93. The van der Waals surface area contributed by atoms with Crippen molar-refractivity contribution in [2.75, 3.05) is 7.11 Å². The van der Waals surface area contributed by atoms with Gasteiger partial charge in [-0.25, -0.2) is 0 Å². The zero-order valence-electron chi connectivity index (χ0n) is 8.25. The zero-order valence-corrected chi connectivity index (χ0v) is 9.01. The fourth-order valence-corrected chi connectivity index (χ4v) is 1.84. The van der Waals surface area contributed by atoms with E-state index in [1.54, 1.807) is 11.8 Å². The van der Waals surface area contributed by atoms with Crippen molar-refractivity contribution in [2.24, 2.45) is 0 Å². The van der Waals surface area contributed by atoms with Crippen molar-refractivity contribution in [3.63, 3.8) is 0 Å². The second-order valence-electron chi connectivity index (χ2n) is 3.18. The van der Waals surface area contributed by atoms with E-state index in [4.69, 9.17) is 16.4 Å². The van der Waals surface area contributed by atoms with E-state index in [0.29, 0.717) is 0 Å². The van der Waals surface area contributed by atoms with Gasteiger partial charge in [0.25, 0.3) is 0 Å². The minimum atomic E-state index is 0.765. The maximum Gasteiger partial charge on any atom is 0.104 e. The average Bonchev–Trinajstić information content (AvgIpc) is 2.55. The number of nitrogens with zero attached hydrogens (tertiary/aromatic N) is 1. The van der Waals surface area contributed by atoms with Gasteiger partial charge in [0.1, 0.15) is 7.11 Å². The molecule has 0 aliphatic carbocycles. The van der Waals surface area contributed by atoms with Crippen molar-refractivity contribution in [1.29, 1.82) is 0 Å². The Bertz CT molecular complexity index is 462. The first-order chi connectivity index (χ1) is 6.76. The first kappa shape index (κ1) is 9.41. The molecule has 2 rings (SSSR count). The molecule has 0 unspecified atom stereocenters. The SMILES string of the molecule is CCc1cn(OC)c2ccc(Cl)cc12. The molecule has 74 valence electrons. The van der Waals surface area contributed by atoms with Gasteiger partial charge in [-0.05, 0) is 30.2 Å². The van der Waals surface area contributed by atoms with Crippen molar-refractivity contribution in [1.82, 2.24) is 4.73 Å². The Balaban J connectivity index is 2.75. The van der Waals surface area contributed by atoms with Crippen LogP contribution in [0.5, 0.6) is 0 Å². The highest BCUT2D eigenvalue weighted by atomic mass is 35.5. The Labute approximate surface area is 88.0 Å². The van der Waals surface area contributed by atoms with Crippen molar-refractivity contribution in [3.05, 3.63) is 35.0 Å². The number of aryl methyl sites for hydroxylation is 1. The predicted octanol–water partition coefficient (Wildman–Crippen LogP) is 2.92. The molecule has 0 aliphatic rings. The van der Waals surface area contributed by atoms with Crippen LogP contribution in [0.15, 0.2) is 24.4 Å². The van der Waals surface area contributed by atoms with Crippen molar-refractivity contribution >= 4 is 22.5 Å². The van der Waals surface area contributed by atoms with Crippen LogP contribution in [-0.4, -0.2) is 11.8 Å². The third kappa shape index (κ3) is 1.36. The van der Waals surface area contributed by atoms with Gasteiger partial charge in [0.2, 0.25) is 0 Å². The molecule has 1 aromatic carbocycles. The molecule has 0 atom stereocenters. The van der Waals surface area contributed by atoms with Gasteiger partial charge in [-0.2, -0.15) is 4.73 Å². The van der Waals surface area contributed by atoms with Crippen LogP contribution in [0, 0.1) is 0 Å². The molecule has 0 bridgehead atoms. The van der Waals surface area contributed by atoms with Crippen LogP contribution in [0.1, 0.15) is 12.5 Å². The van der Waals surface area contributed by atoms with Crippen molar-refractivity contribution in [2.45, 2.75) is 13.3 Å². The second-order valence-corrected chi connectivity index (χ2v) is 3.61. The highest BCUT2D eigenvalue weighted by Crippen LogP contribution is 2.24. The molecule has 0 amide bonds. The van der Waals surface area contributed by atoms with Gasteiger partial charge in [-0.15, -0.1) is 0 Å². The first-order valence-corrected chi connectivity index (χ1v) is 4.98. The Morgan fingerprint density at radius 2 is 2.21 bits per heavy atom. The van der Waals surface area contributed by atoms with E-state index >= 15 is 0 Å². The first-order valence-electron chi connectivity index (χ1n) is 4.60. The summed E-state index contributed by atoms with van der Waals surface area (Å²) in [7, 11) is 1.66. The molecule has 0 saturated heterocycles. The molecule has 0 spiro atoms. The van der Waals surface area contributed by atoms with Crippen LogP contribution >= 0.6 is 11.6 Å². The van der Waals surface area contributed by atoms with Crippen LogP contribution < -0.4 is 4.84 Å².